The summed E-state index contributed by atoms with van der Waals surface area (Å²) in [5.41, 5.74) is 0.789. The fraction of sp³-hybridized carbons (Fsp3) is 0.0588. The number of amides is 1. The smallest absolute Gasteiger partial charge is 0.292 e. The number of nitriles is 1. The van der Waals surface area contributed by atoms with E-state index in [1.807, 2.05) is 0 Å². The van der Waals surface area contributed by atoms with E-state index in [9.17, 15) is 20.0 Å². The lowest BCUT2D eigenvalue weighted by molar-refractivity contribution is -0.383. The Hall–Kier alpha value is -3.86. The Morgan fingerprint density at radius 3 is 2.64 bits per heavy atom. The third kappa shape index (κ3) is 4.33. The van der Waals surface area contributed by atoms with Gasteiger partial charge in [-0.2, -0.15) is 5.26 Å². The highest BCUT2D eigenvalue weighted by Crippen LogP contribution is 2.24. The lowest BCUT2D eigenvalue weighted by Crippen LogP contribution is -2.15. The second-order valence-electron chi connectivity index (χ2n) is 5.04. The molecule has 0 saturated carbocycles. The molecule has 2 aromatic rings. The molecule has 3 N–H and O–H groups in total. The first-order chi connectivity index (χ1) is 11.9. The van der Waals surface area contributed by atoms with Crippen molar-refractivity contribution in [3.63, 3.8) is 0 Å². The van der Waals surface area contributed by atoms with Crippen LogP contribution < -0.4 is 10.6 Å². The molecule has 0 heterocycles. The number of phenols is 1. The highest BCUT2D eigenvalue weighted by molar-refractivity contribution is 6.07. The lowest BCUT2D eigenvalue weighted by Gasteiger charge is -2.07. The largest absolute Gasteiger partial charge is 0.508 e. The van der Waals surface area contributed by atoms with Gasteiger partial charge >= 0.3 is 0 Å². The van der Waals surface area contributed by atoms with Crippen molar-refractivity contribution in [2.24, 2.45) is 0 Å². The molecular weight excluding hydrogens is 324 g/mol. The summed E-state index contributed by atoms with van der Waals surface area (Å²) < 4.78 is 0. The normalized spacial score (nSPS) is 10.6. The monoisotopic (exact) mass is 338 g/mol. The molecule has 0 aliphatic heterocycles. The number of aromatic hydroxyl groups is 1. The average Bonchev–Trinajstić information content (AvgIpc) is 2.57. The van der Waals surface area contributed by atoms with Crippen molar-refractivity contribution in [3.8, 4) is 11.8 Å². The van der Waals surface area contributed by atoms with E-state index in [4.69, 9.17) is 5.26 Å². The van der Waals surface area contributed by atoms with Crippen LogP contribution in [0, 0.1) is 28.4 Å². The summed E-state index contributed by atoms with van der Waals surface area (Å²) in [7, 11) is 0. The van der Waals surface area contributed by atoms with Crippen LogP contribution in [0.1, 0.15) is 5.56 Å². The highest BCUT2D eigenvalue weighted by atomic mass is 16.6. The number of nitro groups is 1. The molecule has 0 atom stereocenters. The number of carbonyl (C=O) groups is 1. The number of hydrogen-bond acceptors (Lipinski definition) is 6. The van der Waals surface area contributed by atoms with Crippen LogP contribution in [-0.4, -0.2) is 15.9 Å². The van der Waals surface area contributed by atoms with Crippen molar-refractivity contribution in [2.45, 2.75) is 6.92 Å². The Kier molecular flexibility index (Phi) is 5.32. The minimum absolute atomic E-state index is 0.000496. The Labute approximate surface area is 143 Å². The topological polar surface area (TPSA) is 128 Å². The van der Waals surface area contributed by atoms with Gasteiger partial charge < -0.3 is 15.7 Å². The molecule has 0 aliphatic rings. The van der Waals surface area contributed by atoms with E-state index >= 15 is 0 Å². The number of phenolic OH excluding ortho intramolecular Hbond substituents is 1. The molecule has 0 spiro atoms. The SMILES string of the molecule is Cc1cc(O)ccc1N/C=C(/C#N)C(=O)Nc1ccccc1[N+](=O)[O-]. The van der Waals surface area contributed by atoms with Crippen LogP contribution in [-0.2, 0) is 4.79 Å². The molecule has 2 rings (SSSR count). The second kappa shape index (κ2) is 7.61. The lowest BCUT2D eigenvalue weighted by atomic mass is 10.2. The van der Waals surface area contributed by atoms with E-state index in [2.05, 4.69) is 10.6 Å². The number of anilines is 2. The third-order valence-electron chi connectivity index (χ3n) is 3.30. The molecule has 8 heteroatoms. The van der Waals surface area contributed by atoms with Crippen LogP contribution in [0.25, 0.3) is 0 Å². The Balaban J connectivity index is 2.19. The Bertz CT molecular complexity index is 900. The molecular formula is C17H14N4O4. The molecule has 0 radical (unpaired) electrons. The van der Waals surface area contributed by atoms with Gasteiger partial charge in [0, 0.05) is 18.0 Å². The predicted octanol–water partition coefficient (Wildman–Crippen LogP) is 3.07. The maximum Gasteiger partial charge on any atom is 0.292 e. The van der Waals surface area contributed by atoms with Gasteiger partial charge in [-0.05, 0) is 36.8 Å². The number of nitrogens with one attached hydrogen (secondary N) is 2. The van der Waals surface area contributed by atoms with Crippen LogP contribution in [0.2, 0.25) is 0 Å². The van der Waals surface area contributed by atoms with Gasteiger partial charge in [0.05, 0.1) is 4.92 Å². The summed E-state index contributed by atoms with van der Waals surface area (Å²) in [5, 5.41) is 34.6. The van der Waals surface area contributed by atoms with E-state index in [0.29, 0.717) is 11.3 Å². The molecule has 0 aromatic heterocycles. The summed E-state index contributed by atoms with van der Waals surface area (Å²) in [6.07, 6.45) is 1.20. The third-order valence-corrected chi connectivity index (χ3v) is 3.30. The van der Waals surface area contributed by atoms with Crippen molar-refractivity contribution < 1.29 is 14.8 Å². The van der Waals surface area contributed by atoms with Gasteiger partial charge in [0.2, 0.25) is 0 Å². The number of benzene rings is 2. The van der Waals surface area contributed by atoms with Crippen LogP contribution in [0.3, 0.4) is 0 Å². The van der Waals surface area contributed by atoms with Crippen molar-refractivity contribution in [3.05, 3.63) is 69.9 Å². The van der Waals surface area contributed by atoms with Crippen molar-refractivity contribution in [2.75, 3.05) is 10.6 Å². The standard InChI is InChI=1S/C17H14N4O4/c1-11-8-13(22)6-7-14(11)19-10-12(9-18)17(23)20-15-4-2-3-5-16(15)21(24)25/h2-8,10,19,22H,1H3,(H,20,23)/b12-10-. The maximum atomic E-state index is 12.2. The molecule has 1 amide bonds. The zero-order valence-corrected chi connectivity index (χ0v) is 13.2. The fourth-order valence-electron chi connectivity index (χ4n) is 2.04. The average molecular weight is 338 g/mol. The van der Waals surface area contributed by atoms with Gasteiger partial charge in [0.1, 0.15) is 23.1 Å². The van der Waals surface area contributed by atoms with Gasteiger partial charge in [-0.25, -0.2) is 0 Å². The second-order valence-corrected chi connectivity index (χ2v) is 5.04. The zero-order chi connectivity index (χ0) is 18.4. The van der Waals surface area contributed by atoms with Crippen LogP contribution in [0.15, 0.2) is 54.2 Å². The minimum Gasteiger partial charge on any atom is -0.508 e. The van der Waals surface area contributed by atoms with Crippen molar-refractivity contribution in [1.82, 2.24) is 0 Å². The van der Waals surface area contributed by atoms with E-state index in [-0.39, 0.29) is 22.7 Å². The molecule has 8 nitrogen and oxygen atoms in total. The van der Waals surface area contributed by atoms with Crippen molar-refractivity contribution in [1.29, 1.82) is 5.26 Å². The van der Waals surface area contributed by atoms with Crippen LogP contribution >= 0.6 is 0 Å². The first kappa shape index (κ1) is 17.5. The number of carbonyl (C=O) groups excluding carboxylic acids is 1. The molecule has 0 bridgehead atoms. The first-order valence-electron chi connectivity index (χ1n) is 7.13. The molecule has 25 heavy (non-hydrogen) atoms. The Morgan fingerprint density at radius 2 is 2.00 bits per heavy atom. The minimum atomic E-state index is -0.777. The number of rotatable bonds is 5. The quantitative estimate of drug-likeness (QED) is 0.253. The maximum absolute atomic E-state index is 12.2. The number of nitro benzene ring substituents is 1. The van der Waals surface area contributed by atoms with Gasteiger partial charge in [-0.3, -0.25) is 14.9 Å². The molecule has 0 saturated heterocycles. The van der Waals surface area contributed by atoms with Crippen molar-refractivity contribution >= 4 is 23.0 Å². The summed E-state index contributed by atoms with van der Waals surface area (Å²) in [6, 6.07) is 12.0. The summed E-state index contributed by atoms with van der Waals surface area (Å²) >= 11 is 0. The predicted molar refractivity (Wildman–Crippen MR) is 91.9 cm³/mol. The fourth-order valence-corrected chi connectivity index (χ4v) is 2.04. The van der Waals surface area contributed by atoms with E-state index in [1.165, 1.54) is 42.6 Å². The van der Waals surface area contributed by atoms with E-state index in [0.717, 1.165) is 0 Å². The van der Waals surface area contributed by atoms with E-state index in [1.54, 1.807) is 19.1 Å². The van der Waals surface area contributed by atoms with Gasteiger partial charge in [0.15, 0.2) is 0 Å². The number of hydrogen-bond donors (Lipinski definition) is 3. The summed E-state index contributed by atoms with van der Waals surface area (Å²) in [6.45, 7) is 1.75. The molecule has 0 aliphatic carbocycles. The van der Waals surface area contributed by atoms with Gasteiger partial charge in [0.25, 0.3) is 11.6 Å². The number of aryl methyl sites for hydroxylation is 1. The highest BCUT2D eigenvalue weighted by Gasteiger charge is 2.17. The zero-order valence-electron chi connectivity index (χ0n) is 13.2. The number of para-hydroxylation sites is 2. The molecule has 126 valence electrons. The van der Waals surface area contributed by atoms with Gasteiger partial charge in [-0.15, -0.1) is 0 Å². The first-order valence-corrected chi connectivity index (χ1v) is 7.13. The molecule has 0 fully saturated rings. The molecule has 0 unspecified atom stereocenters. The van der Waals surface area contributed by atoms with Crippen LogP contribution in [0.4, 0.5) is 17.1 Å². The Morgan fingerprint density at radius 1 is 1.28 bits per heavy atom. The summed E-state index contributed by atoms with van der Waals surface area (Å²) in [5.74, 6) is -0.678. The van der Waals surface area contributed by atoms with Crippen LogP contribution in [0.5, 0.6) is 5.75 Å². The van der Waals surface area contributed by atoms with E-state index < -0.39 is 10.8 Å². The van der Waals surface area contributed by atoms with Gasteiger partial charge in [-0.1, -0.05) is 12.1 Å². The molecule has 2 aromatic carbocycles. The summed E-state index contributed by atoms with van der Waals surface area (Å²) in [4.78, 5) is 22.5. The number of nitrogens with zero attached hydrogens (tertiary/aromatic N) is 2.